The van der Waals surface area contributed by atoms with E-state index >= 15 is 0 Å². The third kappa shape index (κ3) is 4.10. The van der Waals surface area contributed by atoms with Crippen LogP contribution in [0.1, 0.15) is 6.92 Å². The van der Waals surface area contributed by atoms with Crippen molar-refractivity contribution < 1.29 is 19.4 Å². The Morgan fingerprint density at radius 1 is 1.42 bits per heavy atom. The molecule has 0 aromatic carbocycles. The van der Waals surface area contributed by atoms with Crippen LogP contribution in [0.2, 0.25) is 0 Å². The van der Waals surface area contributed by atoms with E-state index in [1.807, 2.05) is 6.92 Å². The molecule has 0 saturated heterocycles. The van der Waals surface area contributed by atoms with Crippen molar-refractivity contribution in [3.8, 4) is 0 Å². The first-order valence-corrected chi connectivity index (χ1v) is 3.58. The van der Waals surface area contributed by atoms with Gasteiger partial charge in [0.05, 0.1) is 0 Å². The van der Waals surface area contributed by atoms with Gasteiger partial charge in [-0.15, -0.1) is 0 Å². The number of aliphatic carboxylic acids is 1. The number of hydrogen-bond donors (Lipinski definition) is 1. The molecule has 70 valence electrons. The minimum atomic E-state index is -0.965. The van der Waals surface area contributed by atoms with E-state index in [0.717, 1.165) is 6.08 Å². The summed E-state index contributed by atoms with van der Waals surface area (Å²) in [7, 11) is 3.03. The summed E-state index contributed by atoms with van der Waals surface area (Å²) >= 11 is 0. The van der Waals surface area contributed by atoms with E-state index in [2.05, 4.69) is 0 Å². The Morgan fingerprint density at radius 2 is 1.92 bits per heavy atom. The fourth-order valence-electron chi connectivity index (χ4n) is 0.850. The molecule has 0 saturated carbocycles. The van der Waals surface area contributed by atoms with Crippen LogP contribution in [0.3, 0.4) is 0 Å². The van der Waals surface area contributed by atoms with E-state index in [4.69, 9.17) is 14.6 Å². The molecule has 0 rings (SSSR count). The molecule has 0 bridgehead atoms. The van der Waals surface area contributed by atoms with Crippen LogP contribution in [-0.4, -0.2) is 31.6 Å². The number of carboxylic acid groups (broad SMARTS) is 1. The lowest BCUT2D eigenvalue weighted by atomic mass is 10.1. The Labute approximate surface area is 71.8 Å². The van der Waals surface area contributed by atoms with Gasteiger partial charge < -0.3 is 14.6 Å². The average molecular weight is 174 g/mol. The molecule has 0 aliphatic heterocycles. The van der Waals surface area contributed by atoms with Crippen LogP contribution in [0.4, 0.5) is 0 Å². The lowest BCUT2D eigenvalue weighted by Crippen LogP contribution is -2.20. The van der Waals surface area contributed by atoms with Crippen LogP contribution in [0.25, 0.3) is 0 Å². The molecule has 0 spiro atoms. The molecular formula is C8H14O4. The smallest absolute Gasteiger partial charge is 0.327 e. The summed E-state index contributed by atoms with van der Waals surface area (Å²) in [6, 6.07) is 0. The van der Waals surface area contributed by atoms with Crippen LogP contribution in [0.5, 0.6) is 0 Å². The zero-order valence-electron chi connectivity index (χ0n) is 7.48. The second-order valence-corrected chi connectivity index (χ2v) is 2.40. The van der Waals surface area contributed by atoms with Gasteiger partial charge in [0.2, 0.25) is 0 Å². The number of carbonyl (C=O) groups is 1. The molecule has 1 N–H and O–H groups in total. The minimum Gasteiger partial charge on any atom is -0.478 e. The molecule has 0 heterocycles. The Kier molecular flexibility index (Phi) is 5.32. The van der Waals surface area contributed by atoms with Crippen LogP contribution < -0.4 is 0 Å². The quantitative estimate of drug-likeness (QED) is 0.496. The fourth-order valence-corrected chi connectivity index (χ4v) is 0.850. The molecule has 0 fully saturated rings. The molecule has 0 aliphatic carbocycles. The molecule has 0 aromatic heterocycles. The molecule has 0 radical (unpaired) electrons. The minimum absolute atomic E-state index is 0.0731. The first-order chi connectivity index (χ1) is 5.61. The number of rotatable bonds is 5. The van der Waals surface area contributed by atoms with Gasteiger partial charge in [-0.05, 0) is 0 Å². The van der Waals surface area contributed by atoms with Crippen molar-refractivity contribution in [3.63, 3.8) is 0 Å². The van der Waals surface area contributed by atoms with Gasteiger partial charge in [-0.2, -0.15) is 0 Å². The Hall–Kier alpha value is -0.870. The molecule has 12 heavy (non-hydrogen) atoms. The number of hydrogen-bond acceptors (Lipinski definition) is 3. The summed E-state index contributed by atoms with van der Waals surface area (Å²) in [5, 5.41) is 8.32. The van der Waals surface area contributed by atoms with E-state index < -0.39 is 5.97 Å². The highest BCUT2D eigenvalue weighted by Crippen LogP contribution is 2.08. The Balaban J connectivity index is 3.99. The largest absolute Gasteiger partial charge is 0.478 e. The lowest BCUT2D eigenvalue weighted by molar-refractivity contribution is -0.131. The Bertz CT molecular complexity index is 160. The van der Waals surface area contributed by atoms with Crippen molar-refractivity contribution in [1.82, 2.24) is 0 Å². The van der Waals surface area contributed by atoms with Gasteiger partial charge >= 0.3 is 5.97 Å². The summed E-state index contributed by atoms with van der Waals surface area (Å²) in [5.74, 6) is -1.04. The van der Waals surface area contributed by atoms with Crippen LogP contribution >= 0.6 is 0 Å². The normalized spacial score (nSPS) is 14.0. The van der Waals surface area contributed by atoms with Crippen LogP contribution in [0, 0.1) is 5.92 Å². The standard InChI is InChI=1S/C8H14O4/c1-6(4-5-7(9)10)8(11-2)12-3/h4-6,8H,1-3H3,(H,9,10). The maximum absolute atomic E-state index is 10.1. The zero-order valence-corrected chi connectivity index (χ0v) is 7.48. The Morgan fingerprint density at radius 3 is 2.25 bits per heavy atom. The molecule has 4 nitrogen and oxygen atoms in total. The molecular weight excluding hydrogens is 160 g/mol. The molecule has 0 aromatic rings. The predicted molar refractivity (Wildman–Crippen MR) is 43.7 cm³/mol. The van der Waals surface area contributed by atoms with E-state index in [-0.39, 0.29) is 12.2 Å². The van der Waals surface area contributed by atoms with Gasteiger partial charge in [0.1, 0.15) is 0 Å². The summed E-state index contributed by atoms with van der Waals surface area (Å²) < 4.78 is 9.85. The van der Waals surface area contributed by atoms with Crippen molar-refractivity contribution in [2.24, 2.45) is 5.92 Å². The van der Waals surface area contributed by atoms with Crippen LogP contribution in [0.15, 0.2) is 12.2 Å². The van der Waals surface area contributed by atoms with Gasteiger partial charge in [0.25, 0.3) is 0 Å². The molecule has 0 aliphatic rings. The first kappa shape index (κ1) is 11.1. The number of carboxylic acids is 1. The van der Waals surface area contributed by atoms with E-state index in [0.29, 0.717) is 0 Å². The maximum atomic E-state index is 10.1. The second kappa shape index (κ2) is 5.74. The summed E-state index contributed by atoms with van der Waals surface area (Å²) in [5.41, 5.74) is 0. The van der Waals surface area contributed by atoms with Crippen molar-refractivity contribution in [3.05, 3.63) is 12.2 Å². The van der Waals surface area contributed by atoms with E-state index in [1.165, 1.54) is 20.3 Å². The van der Waals surface area contributed by atoms with Gasteiger partial charge in [0.15, 0.2) is 6.29 Å². The molecule has 1 unspecified atom stereocenters. The highest BCUT2D eigenvalue weighted by atomic mass is 16.7. The third-order valence-corrected chi connectivity index (χ3v) is 1.44. The topological polar surface area (TPSA) is 55.8 Å². The first-order valence-electron chi connectivity index (χ1n) is 3.58. The van der Waals surface area contributed by atoms with Crippen molar-refractivity contribution in [1.29, 1.82) is 0 Å². The van der Waals surface area contributed by atoms with Gasteiger partial charge in [-0.3, -0.25) is 0 Å². The summed E-state index contributed by atoms with van der Waals surface area (Å²) in [4.78, 5) is 10.1. The SMILES string of the molecule is COC(OC)C(C)C=CC(=O)O. The van der Waals surface area contributed by atoms with E-state index in [9.17, 15) is 4.79 Å². The third-order valence-electron chi connectivity index (χ3n) is 1.44. The molecule has 1 atom stereocenters. The highest BCUT2D eigenvalue weighted by Gasteiger charge is 2.12. The summed E-state index contributed by atoms with van der Waals surface area (Å²) in [6.07, 6.45) is 2.22. The molecule has 4 heteroatoms. The predicted octanol–water partition coefficient (Wildman–Crippen LogP) is 0.882. The van der Waals surface area contributed by atoms with Gasteiger partial charge in [-0.25, -0.2) is 4.79 Å². The van der Waals surface area contributed by atoms with Gasteiger partial charge in [0, 0.05) is 26.2 Å². The maximum Gasteiger partial charge on any atom is 0.327 e. The molecule has 0 amide bonds. The van der Waals surface area contributed by atoms with Crippen molar-refractivity contribution in [2.45, 2.75) is 13.2 Å². The zero-order chi connectivity index (χ0) is 9.56. The van der Waals surface area contributed by atoms with Crippen molar-refractivity contribution in [2.75, 3.05) is 14.2 Å². The van der Waals surface area contributed by atoms with Crippen molar-refractivity contribution >= 4 is 5.97 Å². The lowest BCUT2D eigenvalue weighted by Gasteiger charge is -2.17. The second-order valence-electron chi connectivity index (χ2n) is 2.40. The number of methoxy groups -OCH3 is 2. The van der Waals surface area contributed by atoms with Gasteiger partial charge in [-0.1, -0.05) is 13.0 Å². The average Bonchev–Trinajstić information content (AvgIpc) is 2.03. The monoisotopic (exact) mass is 174 g/mol. The highest BCUT2D eigenvalue weighted by molar-refractivity contribution is 5.79. The number of ether oxygens (including phenoxy) is 2. The summed E-state index contributed by atoms with van der Waals surface area (Å²) in [6.45, 7) is 1.82. The fraction of sp³-hybridized carbons (Fsp3) is 0.625. The van der Waals surface area contributed by atoms with Crippen LogP contribution in [-0.2, 0) is 14.3 Å². The van der Waals surface area contributed by atoms with E-state index in [1.54, 1.807) is 0 Å².